The van der Waals surface area contributed by atoms with Crippen LogP contribution in [0.5, 0.6) is 0 Å². The molecule has 0 N–H and O–H groups in total. The highest BCUT2D eigenvalue weighted by atomic mass is 19.1. The van der Waals surface area contributed by atoms with E-state index in [0.29, 0.717) is 12.5 Å². The molecule has 0 fully saturated rings. The Morgan fingerprint density at radius 1 is 1.21 bits per heavy atom. The maximum atomic E-state index is 13.6. The number of hydrogen-bond donors (Lipinski definition) is 0. The van der Waals surface area contributed by atoms with Crippen LogP contribution in [0, 0.1) is 17.7 Å². The number of nitrogens with zero attached hydrogens (tertiary/aromatic N) is 1. The molecule has 0 amide bonds. The van der Waals surface area contributed by atoms with Crippen LogP contribution >= 0.6 is 0 Å². The third-order valence-corrected chi connectivity index (χ3v) is 3.19. The molecular weight excluding hydrogens is 241 g/mol. The van der Waals surface area contributed by atoms with Crippen LogP contribution in [0.3, 0.4) is 0 Å². The molecule has 0 aliphatic carbocycles. The van der Waals surface area contributed by atoms with Crippen LogP contribution in [-0.4, -0.2) is 30.3 Å². The first kappa shape index (κ1) is 15.8. The highest BCUT2D eigenvalue weighted by molar-refractivity contribution is 5.98. The molecular formula is C16H24FNO. The Bertz CT molecular complexity index is 417. The molecule has 0 aromatic heterocycles. The van der Waals surface area contributed by atoms with Crippen molar-refractivity contribution >= 4 is 5.78 Å². The minimum atomic E-state index is -0.425. The molecule has 0 aliphatic heterocycles. The summed E-state index contributed by atoms with van der Waals surface area (Å²) in [6, 6.07) is 6.21. The number of hydrogen-bond acceptors (Lipinski definition) is 2. The van der Waals surface area contributed by atoms with Gasteiger partial charge < -0.3 is 4.90 Å². The molecule has 3 heteroatoms. The summed E-state index contributed by atoms with van der Waals surface area (Å²) in [5, 5.41) is 0. The Labute approximate surface area is 115 Å². The second kappa shape index (κ2) is 7.39. The number of Topliss-reactive ketones (excluding diaryl/α,β-unsaturated/α-hetero) is 1. The maximum absolute atomic E-state index is 13.6. The van der Waals surface area contributed by atoms with Crippen molar-refractivity contribution in [2.45, 2.75) is 27.7 Å². The molecule has 0 saturated carbocycles. The number of benzene rings is 1. The molecule has 1 atom stereocenters. The smallest absolute Gasteiger partial charge is 0.169 e. The normalized spacial score (nSPS) is 13.0. The van der Waals surface area contributed by atoms with Gasteiger partial charge >= 0.3 is 0 Å². The monoisotopic (exact) mass is 265 g/mol. The lowest BCUT2D eigenvalue weighted by Gasteiger charge is -2.25. The van der Waals surface area contributed by atoms with Crippen LogP contribution in [-0.2, 0) is 0 Å². The van der Waals surface area contributed by atoms with Crippen molar-refractivity contribution in [1.29, 1.82) is 0 Å². The molecule has 1 unspecified atom stereocenters. The molecule has 0 bridgehead atoms. The number of carbonyl (C=O) groups excluding carboxylic acids is 1. The second-order valence-electron chi connectivity index (χ2n) is 5.49. The average Bonchev–Trinajstić information content (AvgIpc) is 2.37. The van der Waals surface area contributed by atoms with E-state index in [1.165, 1.54) is 6.07 Å². The lowest BCUT2D eigenvalue weighted by atomic mass is 9.98. The van der Waals surface area contributed by atoms with Gasteiger partial charge in [0.15, 0.2) is 5.78 Å². The summed E-state index contributed by atoms with van der Waals surface area (Å²) in [4.78, 5) is 14.5. The zero-order valence-corrected chi connectivity index (χ0v) is 12.3. The predicted molar refractivity (Wildman–Crippen MR) is 76.8 cm³/mol. The minimum absolute atomic E-state index is 0.111. The third-order valence-electron chi connectivity index (χ3n) is 3.19. The molecule has 0 aliphatic rings. The molecule has 0 spiro atoms. The fourth-order valence-corrected chi connectivity index (χ4v) is 2.25. The lowest BCUT2D eigenvalue weighted by Crippen LogP contribution is -2.34. The minimum Gasteiger partial charge on any atom is -0.303 e. The van der Waals surface area contributed by atoms with E-state index in [1.54, 1.807) is 18.2 Å². The first-order valence-corrected chi connectivity index (χ1v) is 6.96. The van der Waals surface area contributed by atoms with Gasteiger partial charge in [0, 0.05) is 19.0 Å². The average molecular weight is 265 g/mol. The highest BCUT2D eigenvalue weighted by Gasteiger charge is 2.20. The Kier molecular flexibility index (Phi) is 6.16. The van der Waals surface area contributed by atoms with Crippen molar-refractivity contribution in [1.82, 2.24) is 4.90 Å². The van der Waals surface area contributed by atoms with Crippen molar-refractivity contribution in [2.24, 2.45) is 11.8 Å². The van der Waals surface area contributed by atoms with Gasteiger partial charge in [-0.1, -0.05) is 39.8 Å². The van der Waals surface area contributed by atoms with Crippen LogP contribution < -0.4 is 0 Å². The Morgan fingerprint density at radius 3 is 2.37 bits per heavy atom. The van der Waals surface area contributed by atoms with Crippen molar-refractivity contribution in [2.75, 3.05) is 19.6 Å². The van der Waals surface area contributed by atoms with E-state index in [1.807, 2.05) is 6.92 Å². The van der Waals surface area contributed by atoms with E-state index in [4.69, 9.17) is 0 Å². The van der Waals surface area contributed by atoms with E-state index >= 15 is 0 Å². The molecule has 106 valence electrons. The standard InChI is InChI=1S/C16H24FNO/c1-5-18(10-12(2)3)11-13(4)16(19)14-8-6-7-9-15(14)17/h6-9,12-13H,5,10-11H2,1-4H3. The number of carbonyl (C=O) groups is 1. The fourth-order valence-electron chi connectivity index (χ4n) is 2.25. The van der Waals surface area contributed by atoms with Crippen molar-refractivity contribution in [3.8, 4) is 0 Å². The summed E-state index contributed by atoms with van der Waals surface area (Å²) in [7, 11) is 0. The van der Waals surface area contributed by atoms with Gasteiger partial charge in [-0.25, -0.2) is 4.39 Å². The van der Waals surface area contributed by atoms with E-state index in [-0.39, 0.29) is 17.3 Å². The third kappa shape index (κ3) is 4.75. The summed E-state index contributed by atoms with van der Waals surface area (Å²) in [5.41, 5.74) is 0.204. The highest BCUT2D eigenvalue weighted by Crippen LogP contribution is 2.14. The van der Waals surface area contributed by atoms with Crippen molar-refractivity contribution in [3.63, 3.8) is 0 Å². The van der Waals surface area contributed by atoms with Gasteiger partial charge in [-0.05, 0) is 24.6 Å². The molecule has 1 aromatic rings. The SMILES string of the molecule is CCN(CC(C)C)CC(C)C(=O)c1ccccc1F. The maximum Gasteiger partial charge on any atom is 0.169 e. The van der Waals surface area contributed by atoms with Gasteiger partial charge in [0.25, 0.3) is 0 Å². The van der Waals surface area contributed by atoms with E-state index in [2.05, 4.69) is 25.7 Å². The van der Waals surface area contributed by atoms with Gasteiger partial charge in [0.2, 0.25) is 0 Å². The molecule has 1 aromatic carbocycles. The quantitative estimate of drug-likeness (QED) is 0.702. The second-order valence-corrected chi connectivity index (χ2v) is 5.49. The molecule has 2 nitrogen and oxygen atoms in total. The molecule has 19 heavy (non-hydrogen) atoms. The first-order valence-electron chi connectivity index (χ1n) is 6.96. The predicted octanol–water partition coefficient (Wildman–Crippen LogP) is 3.62. The Hall–Kier alpha value is -1.22. The number of halogens is 1. The van der Waals surface area contributed by atoms with Crippen LogP contribution in [0.1, 0.15) is 38.1 Å². The van der Waals surface area contributed by atoms with Crippen molar-refractivity contribution < 1.29 is 9.18 Å². The van der Waals surface area contributed by atoms with E-state index in [0.717, 1.165) is 13.1 Å². The van der Waals surface area contributed by atoms with Gasteiger partial charge in [0.1, 0.15) is 5.82 Å². The summed E-state index contributed by atoms with van der Waals surface area (Å²) >= 11 is 0. The largest absolute Gasteiger partial charge is 0.303 e. The topological polar surface area (TPSA) is 20.3 Å². The Balaban J connectivity index is 2.69. The van der Waals surface area contributed by atoms with Crippen LogP contribution in [0.15, 0.2) is 24.3 Å². The fraction of sp³-hybridized carbons (Fsp3) is 0.562. The zero-order chi connectivity index (χ0) is 14.4. The van der Waals surface area contributed by atoms with E-state index < -0.39 is 5.82 Å². The van der Waals surface area contributed by atoms with Crippen LogP contribution in [0.4, 0.5) is 4.39 Å². The van der Waals surface area contributed by atoms with Crippen LogP contribution in [0.2, 0.25) is 0 Å². The van der Waals surface area contributed by atoms with Gasteiger partial charge in [0.05, 0.1) is 5.56 Å². The number of ketones is 1. The summed E-state index contributed by atoms with van der Waals surface area (Å²) in [6.07, 6.45) is 0. The number of rotatable bonds is 7. The molecule has 0 radical (unpaired) electrons. The van der Waals surface area contributed by atoms with Crippen LogP contribution in [0.25, 0.3) is 0 Å². The van der Waals surface area contributed by atoms with Gasteiger partial charge in [-0.2, -0.15) is 0 Å². The first-order chi connectivity index (χ1) is 8.95. The molecule has 0 heterocycles. The Morgan fingerprint density at radius 2 is 1.84 bits per heavy atom. The van der Waals surface area contributed by atoms with E-state index in [9.17, 15) is 9.18 Å². The van der Waals surface area contributed by atoms with Gasteiger partial charge in [-0.15, -0.1) is 0 Å². The summed E-state index contributed by atoms with van der Waals surface area (Å²) < 4.78 is 13.6. The zero-order valence-electron chi connectivity index (χ0n) is 12.3. The lowest BCUT2D eigenvalue weighted by molar-refractivity contribution is 0.0886. The molecule has 1 rings (SSSR count). The molecule has 0 saturated heterocycles. The summed E-state index contributed by atoms with van der Waals surface area (Å²) in [5.74, 6) is -0.155. The van der Waals surface area contributed by atoms with Crippen molar-refractivity contribution in [3.05, 3.63) is 35.6 Å². The van der Waals surface area contributed by atoms with Gasteiger partial charge in [-0.3, -0.25) is 4.79 Å². The summed E-state index contributed by atoms with van der Waals surface area (Å²) in [6.45, 7) is 10.8.